The van der Waals surface area contributed by atoms with E-state index in [1.807, 2.05) is 49.4 Å². The van der Waals surface area contributed by atoms with Gasteiger partial charge in [0.1, 0.15) is 5.58 Å². The highest BCUT2D eigenvalue weighted by Crippen LogP contribution is 2.43. The van der Waals surface area contributed by atoms with Crippen LogP contribution in [-0.4, -0.2) is 19.1 Å². The molecule has 2 heterocycles. The molecule has 38 heavy (non-hydrogen) atoms. The van der Waals surface area contributed by atoms with E-state index in [0.29, 0.717) is 52.9 Å². The minimum Gasteiger partial charge on any atom is -0.490 e. The van der Waals surface area contributed by atoms with E-state index in [0.717, 1.165) is 24.0 Å². The van der Waals surface area contributed by atoms with Crippen molar-refractivity contribution in [2.75, 3.05) is 18.1 Å². The zero-order valence-corrected chi connectivity index (χ0v) is 22.3. The third-order valence-electron chi connectivity index (χ3n) is 6.94. The molecule has 0 N–H and O–H groups in total. The van der Waals surface area contributed by atoms with Gasteiger partial charge in [-0.05, 0) is 73.2 Å². The van der Waals surface area contributed by atoms with Gasteiger partial charge in [0, 0.05) is 5.69 Å². The predicted molar refractivity (Wildman–Crippen MR) is 150 cm³/mol. The van der Waals surface area contributed by atoms with Crippen LogP contribution in [0.15, 0.2) is 75.9 Å². The molecule has 5 rings (SSSR count). The van der Waals surface area contributed by atoms with Gasteiger partial charge in [0.2, 0.25) is 5.76 Å². The van der Waals surface area contributed by atoms with Gasteiger partial charge in [0.15, 0.2) is 16.9 Å². The Hall–Kier alpha value is -4.06. The number of fused-ring (bicyclic) bond motifs is 2. The monoisotopic (exact) mass is 511 g/mol. The lowest BCUT2D eigenvalue weighted by Crippen LogP contribution is -2.29. The van der Waals surface area contributed by atoms with Crippen LogP contribution in [0, 0.1) is 5.92 Å². The van der Waals surface area contributed by atoms with Gasteiger partial charge in [-0.1, -0.05) is 51.1 Å². The third kappa shape index (κ3) is 4.67. The summed E-state index contributed by atoms with van der Waals surface area (Å²) in [6.45, 7) is 9.35. The summed E-state index contributed by atoms with van der Waals surface area (Å²) in [6.07, 6.45) is 1.81. The molecule has 0 fully saturated rings. The number of carbonyl (C=O) groups excluding carboxylic acids is 1. The summed E-state index contributed by atoms with van der Waals surface area (Å²) in [4.78, 5) is 29.3. The molecule has 0 radical (unpaired) electrons. The lowest BCUT2D eigenvalue weighted by atomic mass is 9.97. The lowest BCUT2D eigenvalue weighted by molar-refractivity contribution is 0.0971. The van der Waals surface area contributed by atoms with E-state index in [2.05, 4.69) is 20.8 Å². The molecule has 196 valence electrons. The van der Waals surface area contributed by atoms with E-state index in [1.54, 1.807) is 29.2 Å². The van der Waals surface area contributed by atoms with E-state index < -0.39 is 6.04 Å². The Morgan fingerprint density at radius 1 is 0.921 bits per heavy atom. The molecule has 6 heteroatoms. The van der Waals surface area contributed by atoms with Gasteiger partial charge in [0.05, 0.1) is 30.2 Å². The van der Waals surface area contributed by atoms with Gasteiger partial charge in [-0.2, -0.15) is 0 Å². The molecule has 1 aromatic heterocycles. The van der Waals surface area contributed by atoms with Crippen molar-refractivity contribution in [2.24, 2.45) is 5.92 Å². The molecule has 0 saturated heterocycles. The maximum atomic E-state index is 13.9. The first-order valence-corrected chi connectivity index (χ1v) is 13.3. The molecule has 1 atom stereocenters. The van der Waals surface area contributed by atoms with Gasteiger partial charge in [-0.25, -0.2) is 0 Å². The minimum atomic E-state index is -0.672. The largest absolute Gasteiger partial charge is 0.490 e. The fourth-order valence-electron chi connectivity index (χ4n) is 4.88. The molecule has 1 aliphatic rings. The fourth-order valence-corrected chi connectivity index (χ4v) is 4.88. The number of rotatable bonds is 9. The van der Waals surface area contributed by atoms with Crippen molar-refractivity contribution in [3.8, 4) is 11.5 Å². The minimum absolute atomic E-state index is 0.0773. The van der Waals surface area contributed by atoms with Gasteiger partial charge in [-0.3, -0.25) is 14.5 Å². The highest BCUT2D eigenvalue weighted by molar-refractivity contribution is 6.10. The van der Waals surface area contributed by atoms with E-state index in [-0.39, 0.29) is 17.1 Å². The van der Waals surface area contributed by atoms with Crippen LogP contribution in [0.2, 0.25) is 0 Å². The molecule has 0 aliphatic carbocycles. The highest BCUT2D eigenvalue weighted by Gasteiger charge is 2.44. The van der Waals surface area contributed by atoms with Crippen LogP contribution in [0.25, 0.3) is 11.0 Å². The summed E-state index contributed by atoms with van der Waals surface area (Å²) in [5, 5.41) is 0.450. The standard InChI is InChI=1S/C32H33NO5/c1-5-21-11-14-23(15-12-21)33-29(22-13-16-26(27(19-22)36-6-2)37-18-17-20(3)4)28-30(34)24-9-7-8-10-25(24)38-31(28)32(33)35/h7-16,19-20,29H,5-6,17-18H2,1-4H3. The van der Waals surface area contributed by atoms with Crippen LogP contribution in [0.5, 0.6) is 11.5 Å². The first-order valence-electron chi connectivity index (χ1n) is 13.3. The Bertz CT molecular complexity index is 1520. The van der Waals surface area contributed by atoms with Crippen molar-refractivity contribution in [3.63, 3.8) is 0 Å². The fraction of sp³-hybridized carbons (Fsp3) is 0.312. The number of anilines is 1. The van der Waals surface area contributed by atoms with Crippen molar-refractivity contribution in [3.05, 3.63) is 99.4 Å². The number of hydrogen-bond acceptors (Lipinski definition) is 5. The number of para-hydroxylation sites is 1. The summed E-state index contributed by atoms with van der Waals surface area (Å²) in [7, 11) is 0. The average molecular weight is 512 g/mol. The first-order chi connectivity index (χ1) is 18.4. The smallest absolute Gasteiger partial charge is 0.295 e. The van der Waals surface area contributed by atoms with E-state index in [1.165, 1.54) is 0 Å². The van der Waals surface area contributed by atoms with Crippen molar-refractivity contribution in [2.45, 2.75) is 46.6 Å². The number of nitrogens with zero attached hydrogens (tertiary/aromatic N) is 1. The summed E-state index contributed by atoms with van der Waals surface area (Å²) < 4.78 is 18.1. The normalized spacial score (nSPS) is 14.8. The number of ether oxygens (including phenoxy) is 2. The van der Waals surface area contributed by atoms with Gasteiger partial charge >= 0.3 is 0 Å². The van der Waals surface area contributed by atoms with Crippen LogP contribution in [-0.2, 0) is 6.42 Å². The first kappa shape index (κ1) is 25.6. The summed E-state index contributed by atoms with van der Waals surface area (Å²) >= 11 is 0. The highest BCUT2D eigenvalue weighted by atomic mass is 16.5. The van der Waals surface area contributed by atoms with E-state index >= 15 is 0 Å². The Balaban J connectivity index is 1.67. The van der Waals surface area contributed by atoms with Crippen LogP contribution in [0.1, 0.15) is 67.4 Å². The third-order valence-corrected chi connectivity index (χ3v) is 6.94. The number of carbonyl (C=O) groups is 1. The molecule has 0 saturated carbocycles. The Kier molecular flexibility index (Phi) is 7.23. The van der Waals surface area contributed by atoms with Gasteiger partial charge in [-0.15, -0.1) is 0 Å². The lowest BCUT2D eigenvalue weighted by Gasteiger charge is -2.26. The maximum absolute atomic E-state index is 13.9. The van der Waals surface area contributed by atoms with E-state index in [4.69, 9.17) is 13.9 Å². The zero-order chi connectivity index (χ0) is 26.8. The van der Waals surface area contributed by atoms with Gasteiger partial charge < -0.3 is 13.9 Å². The van der Waals surface area contributed by atoms with Crippen LogP contribution in [0.3, 0.4) is 0 Å². The molecular weight excluding hydrogens is 478 g/mol. The second-order valence-corrected chi connectivity index (χ2v) is 9.94. The average Bonchev–Trinajstić information content (AvgIpc) is 3.22. The van der Waals surface area contributed by atoms with E-state index in [9.17, 15) is 9.59 Å². The SMILES string of the molecule is CCOc1cc(C2c3c(oc4ccccc4c3=O)C(=O)N2c2ccc(CC)cc2)ccc1OCCC(C)C. The van der Waals surface area contributed by atoms with Gasteiger partial charge in [0.25, 0.3) is 5.91 Å². The molecule has 1 unspecified atom stereocenters. The second-order valence-electron chi connectivity index (χ2n) is 9.94. The Labute approximate surface area is 222 Å². The molecule has 4 aromatic rings. The summed E-state index contributed by atoms with van der Waals surface area (Å²) in [6, 6.07) is 19.9. The number of aryl methyl sites for hydroxylation is 1. The van der Waals surface area contributed by atoms with Crippen LogP contribution < -0.4 is 19.8 Å². The molecule has 0 spiro atoms. The molecule has 1 aliphatic heterocycles. The number of amides is 1. The van der Waals surface area contributed by atoms with Crippen molar-refractivity contribution < 1.29 is 18.7 Å². The van der Waals surface area contributed by atoms with Crippen molar-refractivity contribution >= 4 is 22.6 Å². The maximum Gasteiger partial charge on any atom is 0.295 e. The number of hydrogen-bond donors (Lipinski definition) is 0. The molecular formula is C32H33NO5. The van der Waals surface area contributed by atoms with Crippen molar-refractivity contribution in [1.29, 1.82) is 0 Å². The predicted octanol–water partition coefficient (Wildman–Crippen LogP) is 6.93. The quantitative estimate of drug-likeness (QED) is 0.244. The molecule has 0 bridgehead atoms. The Morgan fingerprint density at radius 2 is 1.68 bits per heavy atom. The Morgan fingerprint density at radius 3 is 2.39 bits per heavy atom. The van der Waals surface area contributed by atoms with Crippen LogP contribution >= 0.6 is 0 Å². The molecule has 6 nitrogen and oxygen atoms in total. The molecule has 1 amide bonds. The van der Waals surface area contributed by atoms with Crippen LogP contribution in [0.4, 0.5) is 5.69 Å². The summed E-state index contributed by atoms with van der Waals surface area (Å²) in [5.74, 6) is 1.49. The molecule has 3 aromatic carbocycles. The topological polar surface area (TPSA) is 69.0 Å². The van der Waals surface area contributed by atoms with Crippen molar-refractivity contribution in [1.82, 2.24) is 0 Å². The zero-order valence-electron chi connectivity index (χ0n) is 22.3. The number of benzene rings is 3. The second kappa shape index (κ2) is 10.7. The summed E-state index contributed by atoms with van der Waals surface area (Å²) in [5.41, 5.74) is 3.14.